The van der Waals surface area contributed by atoms with Gasteiger partial charge >= 0.3 is 12.1 Å². The summed E-state index contributed by atoms with van der Waals surface area (Å²) in [6, 6.07) is -0.306. The van der Waals surface area contributed by atoms with E-state index < -0.39 is 12.1 Å². The third-order valence-electron chi connectivity index (χ3n) is 1.65. The number of likely N-dealkylation sites (N-methyl/N-ethyl adjacent to an activating group) is 1. The smallest absolute Gasteiger partial charge is 0.409 e. The molecule has 0 saturated carbocycles. The SMILES string of the molecule is CN1C(=O)OC[C@H]1CC(=O)O. The Balaban J connectivity index is 2.48. The molecule has 0 aliphatic carbocycles. The molecule has 5 nitrogen and oxygen atoms in total. The van der Waals surface area contributed by atoms with Crippen LogP contribution in [0.25, 0.3) is 0 Å². The van der Waals surface area contributed by atoms with Crippen LogP contribution in [0.1, 0.15) is 6.42 Å². The Morgan fingerprint density at radius 3 is 2.91 bits per heavy atom. The molecule has 0 radical (unpaired) electrons. The summed E-state index contributed by atoms with van der Waals surface area (Å²) in [4.78, 5) is 22.2. The molecule has 0 spiro atoms. The minimum absolute atomic E-state index is 0.0533. The zero-order chi connectivity index (χ0) is 8.43. The molecule has 11 heavy (non-hydrogen) atoms. The van der Waals surface area contributed by atoms with Crippen molar-refractivity contribution in [2.24, 2.45) is 0 Å². The lowest BCUT2D eigenvalue weighted by atomic mass is 10.2. The number of rotatable bonds is 2. The van der Waals surface area contributed by atoms with Gasteiger partial charge in [0.25, 0.3) is 0 Å². The van der Waals surface area contributed by atoms with E-state index in [4.69, 9.17) is 5.11 Å². The normalized spacial score (nSPS) is 23.5. The molecular weight excluding hydrogens is 150 g/mol. The van der Waals surface area contributed by atoms with Gasteiger partial charge in [-0.2, -0.15) is 0 Å². The summed E-state index contributed by atoms with van der Waals surface area (Å²) in [5, 5.41) is 8.38. The molecule has 1 saturated heterocycles. The molecule has 0 aromatic carbocycles. The van der Waals surface area contributed by atoms with Crippen molar-refractivity contribution in [1.82, 2.24) is 4.90 Å². The molecule has 0 aromatic heterocycles. The van der Waals surface area contributed by atoms with Crippen LogP contribution in [0, 0.1) is 0 Å². The van der Waals surface area contributed by atoms with Crippen molar-refractivity contribution in [1.29, 1.82) is 0 Å². The first-order valence-corrected chi connectivity index (χ1v) is 3.22. The molecular formula is C6H9NO4. The van der Waals surface area contributed by atoms with Gasteiger partial charge < -0.3 is 14.7 Å². The zero-order valence-electron chi connectivity index (χ0n) is 6.11. The highest BCUT2D eigenvalue weighted by molar-refractivity contribution is 5.73. The number of carboxylic acids is 1. The van der Waals surface area contributed by atoms with Crippen LogP contribution in [0.2, 0.25) is 0 Å². The fraction of sp³-hybridized carbons (Fsp3) is 0.667. The molecule has 1 heterocycles. The minimum atomic E-state index is -0.917. The number of hydrogen-bond donors (Lipinski definition) is 1. The van der Waals surface area contributed by atoms with E-state index in [9.17, 15) is 9.59 Å². The first-order chi connectivity index (χ1) is 5.11. The number of ether oxygens (including phenoxy) is 1. The van der Waals surface area contributed by atoms with Gasteiger partial charge in [-0.1, -0.05) is 0 Å². The lowest BCUT2D eigenvalue weighted by Gasteiger charge is -2.12. The first-order valence-electron chi connectivity index (χ1n) is 3.22. The van der Waals surface area contributed by atoms with Crippen molar-refractivity contribution in [3.63, 3.8) is 0 Å². The molecule has 1 amide bonds. The van der Waals surface area contributed by atoms with Gasteiger partial charge in [-0.3, -0.25) is 4.79 Å². The van der Waals surface area contributed by atoms with Crippen LogP contribution in [-0.2, 0) is 9.53 Å². The van der Waals surface area contributed by atoms with Crippen LogP contribution in [0.15, 0.2) is 0 Å². The molecule has 5 heteroatoms. The predicted molar refractivity (Wildman–Crippen MR) is 35.2 cm³/mol. The van der Waals surface area contributed by atoms with E-state index in [1.165, 1.54) is 11.9 Å². The monoisotopic (exact) mass is 159 g/mol. The summed E-state index contributed by atoms with van der Waals surface area (Å²) in [7, 11) is 1.53. The van der Waals surface area contributed by atoms with Crippen molar-refractivity contribution in [2.45, 2.75) is 12.5 Å². The number of carboxylic acid groups (broad SMARTS) is 1. The van der Waals surface area contributed by atoms with Crippen molar-refractivity contribution >= 4 is 12.1 Å². The summed E-state index contributed by atoms with van der Waals surface area (Å²) in [6.07, 6.45) is -0.501. The summed E-state index contributed by atoms with van der Waals surface area (Å²) in [5.74, 6) is -0.917. The molecule has 1 aliphatic rings. The second kappa shape index (κ2) is 2.77. The number of amides is 1. The van der Waals surface area contributed by atoms with Gasteiger partial charge in [0, 0.05) is 7.05 Å². The van der Waals surface area contributed by atoms with Gasteiger partial charge in [-0.25, -0.2) is 4.79 Å². The summed E-state index contributed by atoms with van der Waals surface area (Å²) < 4.78 is 4.60. The van der Waals surface area contributed by atoms with E-state index in [0.29, 0.717) is 0 Å². The first kappa shape index (κ1) is 7.84. The number of hydrogen-bond acceptors (Lipinski definition) is 3. The average molecular weight is 159 g/mol. The van der Waals surface area contributed by atoms with E-state index in [1.54, 1.807) is 0 Å². The van der Waals surface area contributed by atoms with E-state index in [2.05, 4.69) is 4.74 Å². The van der Waals surface area contributed by atoms with Crippen molar-refractivity contribution in [3.05, 3.63) is 0 Å². The van der Waals surface area contributed by atoms with Crippen LogP contribution in [0.4, 0.5) is 4.79 Å². The number of carbonyl (C=O) groups is 2. The number of carbonyl (C=O) groups excluding carboxylic acids is 1. The molecule has 1 N–H and O–H groups in total. The lowest BCUT2D eigenvalue weighted by Crippen LogP contribution is -2.31. The highest BCUT2D eigenvalue weighted by Crippen LogP contribution is 2.12. The molecule has 1 rings (SSSR count). The maximum absolute atomic E-state index is 10.7. The van der Waals surface area contributed by atoms with Gasteiger partial charge in [-0.15, -0.1) is 0 Å². The summed E-state index contributed by atoms with van der Waals surface area (Å²) >= 11 is 0. The Morgan fingerprint density at radius 2 is 2.55 bits per heavy atom. The van der Waals surface area contributed by atoms with E-state index in [0.717, 1.165) is 0 Å². The van der Waals surface area contributed by atoms with Crippen LogP contribution < -0.4 is 0 Å². The van der Waals surface area contributed by atoms with Gasteiger partial charge in [0.05, 0.1) is 12.5 Å². The Kier molecular flexibility index (Phi) is 1.98. The second-order valence-electron chi connectivity index (χ2n) is 2.44. The maximum atomic E-state index is 10.7. The van der Waals surface area contributed by atoms with Crippen LogP contribution in [-0.4, -0.2) is 41.8 Å². The van der Waals surface area contributed by atoms with Crippen LogP contribution >= 0.6 is 0 Å². The largest absolute Gasteiger partial charge is 0.481 e. The maximum Gasteiger partial charge on any atom is 0.409 e. The summed E-state index contributed by atoms with van der Waals surface area (Å²) in [5.41, 5.74) is 0. The number of aliphatic carboxylic acids is 1. The van der Waals surface area contributed by atoms with Gasteiger partial charge in [0.1, 0.15) is 6.61 Å². The molecule has 1 atom stereocenters. The quantitative estimate of drug-likeness (QED) is 0.611. The Hall–Kier alpha value is -1.26. The van der Waals surface area contributed by atoms with Crippen molar-refractivity contribution in [2.75, 3.05) is 13.7 Å². The summed E-state index contributed by atoms with van der Waals surface area (Å²) in [6.45, 7) is 0.182. The van der Waals surface area contributed by atoms with Crippen molar-refractivity contribution < 1.29 is 19.4 Å². The standard InChI is InChI=1S/C6H9NO4/c1-7-4(2-5(8)9)3-11-6(7)10/h4H,2-3H2,1H3,(H,8,9)/t4-/m1/s1. The van der Waals surface area contributed by atoms with E-state index in [-0.39, 0.29) is 19.1 Å². The Bertz CT molecular complexity index is 191. The molecule has 1 fully saturated rings. The minimum Gasteiger partial charge on any atom is -0.481 e. The van der Waals surface area contributed by atoms with Crippen molar-refractivity contribution in [3.8, 4) is 0 Å². The van der Waals surface area contributed by atoms with E-state index in [1.807, 2.05) is 0 Å². The predicted octanol–water partition coefficient (Wildman–Crippen LogP) is -0.0883. The zero-order valence-corrected chi connectivity index (χ0v) is 6.11. The van der Waals surface area contributed by atoms with Gasteiger partial charge in [0.15, 0.2) is 0 Å². The fourth-order valence-corrected chi connectivity index (χ4v) is 0.928. The van der Waals surface area contributed by atoms with Gasteiger partial charge in [-0.05, 0) is 0 Å². The Labute approximate surface area is 63.5 Å². The topological polar surface area (TPSA) is 66.8 Å². The fourth-order valence-electron chi connectivity index (χ4n) is 0.928. The highest BCUT2D eigenvalue weighted by Gasteiger charge is 2.30. The highest BCUT2D eigenvalue weighted by atomic mass is 16.6. The third-order valence-corrected chi connectivity index (χ3v) is 1.65. The lowest BCUT2D eigenvalue weighted by molar-refractivity contribution is -0.137. The van der Waals surface area contributed by atoms with E-state index >= 15 is 0 Å². The van der Waals surface area contributed by atoms with Gasteiger partial charge in [0.2, 0.25) is 0 Å². The number of cyclic esters (lactones) is 1. The number of nitrogens with zero attached hydrogens (tertiary/aromatic N) is 1. The molecule has 0 aromatic rings. The molecule has 62 valence electrons. The van der Waals surface area contributed by atoms with Crippen LogP contribution in [0.3, 0.4) is 0 Å². The van der Waals surface area contributed by atoms with Crippen LogP contribution in [0.5, 0.6) is 0 Å². The molecule has 0 bridgehead atoms. The molecule has 1 aliphatic heterocycles. The Morgan fingerprint density at radius 1 is 1.91 bits per heavy atom. The molecule has 0 unspecified atom stereocenters. The average Bonchev–Trinajstić information content (AvgIpc) is 2.18. The second-order valence-corrected chi connectivity index (χ2v) is 2.44. The third kappa shape index (κ3) is 1.60.